The Hall–Kier alpha value is -7.18. The molecule has 10 aromatic carbocycles. The number of nitrogens with zero attached hydrogens (tertiary/aromatic N) is 6. The summed E-state index contributed by atoms with van der Waals surface area (Å²) in [5.41, 5.74) is 7.02. The lowest BCUT2D eigenvalue weighted by molar-refractivity contribution is 0.929. The molecule has 0 atom stereocenters. The van der Waals surface area contributed by atoms with Crippen LogP contribution in [0.3, 0.4) is 0 Å². The quantitative estimate of drug-likeness (QED) is 0.168. The molecule has 0 N–H and O–H groups in total. The van der Waals surface area contributed by atoms with Gasteiger partial charge < -0.3 is 0 Å². The van der Waals surface area contributed by atoms with Crippen LogP contribution in [0.5, 0.6) is 0 Å². The Balaban J connectivity index is 1.45. The zero-order valence-electron chi connectivity index (χ0n) is 33.1. The van der Waals surface area contributed by atoms with E-state index in [9.17, 15) is 0 Å². The lowest BCUT2D eigenvalue weighted by Crippen LogP contribution is -2.02. The monoisotopic (exact) mass is 744 g/mol. The number of benzene rings is 8. The van der Waals surface area contributed by atoms with Crippen LogP contribution in [0.1, 0.15) is 34.4 Å². The van der Waals surface area contributed by atoms with Gasteiger partial charge in [-0.05, 0) is 146 Å². The third-order valence-electron chi connectivity index (χ3n) is 12.4. The lowest BCUT2D eigenvalue weighted by atomic mass is 9.87. The molecule has 0 aliphatic carbocycles. The van der Waals surface area contributed by atoms with E-state index in [1.807, 2.05) is 27.7 Å². The fourth-order valence-corrected chi connectivity index (χ4v) is 10.4. The molecule has 2 aromatic heterocycles. The van der Waals surface area contributed by atoms with Crippen LogP contribution in [0.2, 0.25) is 0 Å². The number of hydrogen-bond donors (Lipinski definition) is 0. The summed E-state index contributed by atoms with van der Waals surface area (Å²) < 4.78 is 0. The molecule has 2 heterocycles. The molecule has 12 rings (SSSR count). The molecular formula is C52H36N6. The summed E-state index contributed by atoms with van der Waals surface area (Å²) in [4.78, 5) is 30.0. The van der Waals surface area contributed by atoms with Gasteiger partial charge in [-0.3, -0.25) is 0 Å². The minimum Gasteiger partial charge on any atom is -0.219 e. The van der Waals surface area contributed by atoms with E-state index in [4.69, 9.17) is 19.9 Å². The second-order valence-electron chi connectivity index (χ2n) is 16.0. The number of hydrogen-bond acceptors (Lipinski definition) is 6. The summed E-state index contributed by atoms with van der Waals surface area (Å²) in [6.45, 7) is 12.3. The second-order valence-corrected chi connectivity index (χ2v) is 16.0. The average Bonchev–Trinajstić information content (AvgIpc) is 3.70. The predicted octanol–water partition coefficient (Wildman–Crippen LogP) is 13.0. The average molecular weight is 745 g/mol. The first kappa shape index (κ1) is 33.0. The molecule has 0 saturated carbocycles. The van der Waals surface area contributed by atoms with Crippen LogP contribution < -0.4 is 0 Å². The Kier molecular flexibility index (Phi) is 6.65. The Morgan fingerprint density at radius 3 is 1.52 bits per heavy atom. The third-order valence-corrected chi connectivity index (χ3v) is 12.4. The molecule has 6 nitrogen and oxygen atoms in total. The van der Waals surface area contributed by atoms with E-state index >= 15 is 0 Å². The van der Waals surface area contributed by atoms with Gasteiger partial charge in [-0.2, -0.15) is 0 Å². The molecule has 0 aliphatic heterocycles. The van der Waals surface area contributed by atoms with Gasteiger partial charge in [-0.15, -0.1) is 0 Å². The van der Waals surface area contributed by atoms with E-state index in [1.54, 1.807) is 0 Å². The van der Waals surface area contributed by atoms with Gasteiger partial charge in [0.05, 0.1) is 0 Å². The summed E-state index contributed by atoms with van der Waals surface area (Å²) in [7, 11) is 0. The van der Waals surface area contributed by atoms with E-state index in [2.05, 4.69) is 133 Å². The fourth-order valence-electron chi connectivity index (χ4n) is 10.4. The largest absolute Gasteiger partial charge is 0.219 e. The van der Waals surface area contributed by atoms with Crippen LogP contribution in [0.4, 0.5) is 0 Å². The zero-order chi connectivity index (χ0) is 39.1. The molecule has 0 bridgehead atoms. The van der Waals surface area contributed by atoms with Crippen LogP contribution in [0.15, 0.2) is 109 Å². The van der Waals surface area contributed by atoms with E-state index in [1.165, 1.54) is 70.7 Å². The van der Waals surface area contributed by atoms with Crippen LogP contribution >= 0.6 is 0 Å². The van der Waals surface area contributed by atoms with Gasteiger partial charge in [0.2, 0.25) is 0 Å². The van der Waals surface area contributed by atoms with Crippen molar-refractivity contribution in [1.29, 1.82) is 0 Å². The molecule has 274 valence electrons. The minimum atomic E-state index is 0.666. The van der Waals surface area contributed by atoms with Gasteiger partial charge >= 0.3 is 0 Å². The molecule has 0 saturated heterocycles. The molecular weight excluding hydrogens is 709 g/mol. The molecule has 0 fully saturated rings. The van der Waals surface area contributed by atoms with Crippen molar-refractivity contribution in [2.45, 2.75) is 41.5 Å². The molecule has 0 unspecified atom stereocenters. The summed E-state index contributed by atoms with van der Waals surface area (Å²) in [6, 6.07) is 40.4. The number of aromatic nitrogens is 6. The predicted molar refractivity (Wildman–Crippen MR) is 240 cm³/mol. The smallest absolute Gasteiger partial charge is 0.164 e. The van der Waals surface area contributed by atoms with E-state index in [-0.39, 0.29) is 0 Å². The molecule has 0 amide bonds. The van der Waals surface area contributed by atoms with Crippen LogP contribution in [-0.2, 0) is 0 Å². The summed E-state index contributed by atoms with van der Waals surface area (Å²) in [5.74, 6) is 4.08. The van der Waals surface area contributed by atoms with Gasteiger partial charge in [0.1, 0.15) is 23.3 Å². The first-order valence-electron chi connectivity index (χ1n) is 19.9. The van der Waals surface area contributed by atoms with Crippen molar-refractivity contribution in [3.8, 4) is 33.9 Å². The maximum atomic E-state index is 5.18. The van der Waals surface area contributed by atoms with Crippen molar-refractivity contribution in [3.63, 3.8) is 0 Å². The highest BCUT2D eigenvalue weighted by atomic mass is 15.0. The van der Waals surface area contributed by atoms with Crippen molar-refractivity contribution in [1.82, 2.24) is 29.9 Å². The Labute approximate surface area is 334 Å². The molecule has 6 heteroatoms. The summed E-state index contributed by atoms with van der Waals surface area (Å²) >= 11 is 0. The molecule has 0 spiro atoms. The molecule has 0 radical (unpaired) electrons. The topological polar surface area (TPSA) is 77.3 Å². The van der Waals surface area contributed by atoms with Crippen LogP contribution in [-0.4, -0.2) is 29.9 Å². The minimum absolute atomic E-state index is 0.666. The normalized spacial score (nSPS) is 12.3. The summed E-state index contributed by atoms with van der Waals surface area (Å²) in [6.07, 6.45) is 0. The number of aryl methyl sites for hydroxylation is 6. The Morgan fingerprint density at radius 1 is 0.293 bits per heavy atom. The van der Waals surface area contributed by atoms with Crippen LogP contribution in [0.25, 0.3) is 120 Å². The van der Waals surface area contributed by atoms with Gasteiger partial charge in [0.15, 0.2) is 11.6 Å². The van der Waals surface area contributed by atoms with E-state index < -0.39 is 0 Å². The highest BCUT2D eigenvalue weighted by molar-refractivity contribution is 6.46. The molecule has 12 aromatic rings. The standard InChI is InChI=1S/C52H36N6/c1-25-13-11-14-26(2)42(25)37-21-22-38-45-40(23-31-15-7-8-16-32(31)44(37)45)48-47(38)49(51-55-27(3)53-28(4)56-51)41-24-39-34-18-10-9-17-33(34)35-19-12-20-36(43(35)39)46(41)50(48)52-57-29(5)54-30(6)58-52/h7-24H,1-6H3. The van der Waals surface area contributed by atoms with Crippen molar-refractivity contribution in [3.05, 3.63) is 144 Å². The zero-order valence-corrected chi connectivity index (χ0v) is 33.1. The maximum absolute atomic E-state index is 5.18. The van der Waals surface area contributed by atoms with Gasteiger partial charge in [0.25, 0.3) is 0 Å². The number of rotatable bonds is 3. The molecule has 58 heavy (non-hydrogen) atoms. The number of fused-ring (bicyclic) bond motifs is 10. The van der Waals surface area contributed by atoms with Crippen molar-refractivity contribution < 1.29 is 0 Å². The van der Waals surface area contributed by atoms with Crippen molar-refractivity contribution in [2.24, 2.45) is 0 Å². The highest BCUT2D eigenvalue weighted by Gasteiger charge is 2.30. The van der Waals surface area contributed by atoms with E-state index in [0.29, 0.717) is 34.9 Å². The van der Waals surface area contributed by atoms with Gasteiger partial charge in [-0.1, -0.05) is 97.1 Å². The lowest BCUT2D eigenvalue weighted by Gasteiger charge is -2.18. The summed E-state index contributed by atoms with van der Waals surface area (Å²) in [5, 5.41) is 18.9. The van der Waals surface area contributed by atoms with Crippen molar-refractivity contribution in [2.75, 3.05) is 0 Å². The van der Waals surface area contributed by atoms with E-state index in [0.717, 1.165) is 48.8 Å². The first-order chi connectivity index (χ1) is 28.2. The SMILES string of the molecule is Cc1nc(C)nc(-c2c3cc4c5ccccc5c5cccc(c3c(-c3nc(C)nc(C)n3)c3c6cc7ccccc7c7c(-c8c(C)cccc8C)ccc(c23)c67)c54)n1. The Morgan fingerprint density at radius 2 is 0.828 bits per heavy atom. The highest BCUT2D eigenvalue weighted by Crippen LogP contribution is 2.55. The van der Waals surface area contributed by atoms with Crippen LogP contribution in [0, 0.1) is 41.5 Å². The van der Waals surface area contributed by atoms with Crippen molar-refractivity contribution >= 4 is 86.2 Å². The fraction of sp³-hybridized carbons (Fsp3) is 0.115. The second kappa shape index (κ2) is 11.7. The Bertz CT molecular complexity index is 3690. The first-order valence-corrected chi connectivity index (χ1v) is 19.9. The van der Waals surface area contributed by atoms with Gasteiger partial charge in [0, 0.05) is 27.3 Å². The third kappa shape index (κ3) is 4.37. The molecule has 0 aliphatic rings. The van der Waals surface area contributed by atoms with Gasteiger partial charge in [-0.25, -0.2) is 29.9 Å². The maximum Gasteiger partial charge on any atom is 0.164 e.